The van der Waals surface area contributed by atoms with Gasteiger partial charge in [0.25, 0.3) is 0 Å². The van der Waals surface area contributed by atoms with E-state index in [0.29, 0.717) is 19.4 Å². The molecule has 1 saturated heterocycles. The highest BCUT2D eigenvalue weighted by molar-refractivity contribution is 5.92. The number of ether oxygens (including phenoxy) is 1. The molecule has 2 rings (SSSR count). The van der Waals surface area contributed by atoms with Crippen LogP contribution in [0.2, 0.25) is 0 Å². The molecule has 0 bridgehead atoms. The van der Waals surface area contributed by atoms with Crippen LogP contribution in [-0.2, 0) is 25.5 Å². The lowest BCUT2D eigenvalue weighted by Gasteiger charge is -2.39. The van der Waals surface area contributed by atoms with Gasteiger partial charge in [-0.15, -0.1) is 0 Å². The molecule has 0 radical (unpaired) electrons. The third-order valence-corrected chi connectivity index (χ3v) is 6.01. The maximum absolute atomic E-state index is 13.7. The summed E-state index contributed by atoms with van der Waals surface area (Å²) in [4.78, 5) is 42.0. The molecule has 3 atom stereocenters. The van der Waals surface area contributed by atoms with E-state index in [1.54, 1.807) is 4.90 Å². The number of amides is 1. The Hall–Kier alpha value is -2.41. The number of nitrogens with zero attached hydrogens (tertiary/aromatic N) is 2. The van der Waals surface area contributed by atoms with Crippen LogP contribution in [0.1, 0.15) is 66.4 Å². The van der Waals surface area contributed by atoms with Crippen LogP contribution < -0.4 is 0 Å². The summed E-state index contributed by atoms with van der Waals surface area (Å²) in [6.45, 7) is 13.2. The minimum Gasteiger partial charge on any atom is -0.481 e. The molecule has 0 aliphatic carbocycles. The Balaban J connectivity index is 2.54. The molecule has 0 saturated carbocycles. The van der Waals surface area contributed by atoms with E-state index in [2.05, 4.69) is 41.5 Å². The molecule has 1 N–H and O–H groups in total. The zero-order valence-corrected chi connectivity index (χ0v) is 21.1. The van der Waals surface area contributed by atoms with Gasteiger partial charge in [-0.2, -0.15) is 0 Å². The van der Waals surface area contributed by atoms with E-state index in [0.717, 1.165) is 12.0 Å². The van der Waals surface area contributed by atoms with E-state index < -0.39 is 30.2 Å². The van der Waals surface area contributed by atoms with Crippen molar-refractivity contribution in [2.24, 2.45) is 10.8 Å². The quantitative estimate of drug-likeness (QED) is 0.562. The molecule has 7 nitrogen and oxygen atoms in total. The van der Waals surface area contributed by atoms with Crippen LogP contribution in [0.3, 0.4) is 0 Å². The molecular formula is C26H40N2O5. The van der Waals surface area contributed by atoms with Gasteiger partial charge >= 0.3 is 11.9 Å². The first-order valence-electron chi connectivity index (χ1n) is 11.6. The van der Waals surface area contributed by atoms with Gasteiger partial charge in [-0.25, -0.2) is 4.79 Å². The second kappa shape index (κ2) is 10.7. The summed E-state index contributed by atoms with van der Waals surface area (Å²) in [5.41, 5.74) is 0.787. The minimum absolute atomic E-state index is 0.0162. The zero-order valence-electron chi connectivity index (χ0n) is 21.1. The first kappa shape index (κ1) is 26.8. The predicted octanol–water partition coefficient (Wildman–Crippen LogP) is 3.96. The van der Waals surface area contributed by atoms with Crippen molar-refractivity contribution in [1.82, 2.24) is 9.80 Å². The van der Waals surface area contributed by atoms with Gasteiger partial charge in [0, 0.05) is 13.0 Å². The molecule has 184 valence electrons. The fraction of sp³-hybridized carbons (Fsp3) is 0.654. The standard InChI is InChI=1S/C26H40N2O5/c1-25(2,3)13-14-27-19(16-22(29)30)23(31)28(21(27)17-26(4,5)6)20(24(32)33-7)15-18-11-9-8-10-12-18/h8-12,19-21H,13-17H2,1-7H3,(H,29,30)/t19?,20-,21?/m0/s1. The lowest BCUT2D eigenvalue weighted by molar-refractivity contribution is -0.153. The van der Waals surface area contributed by atoms with Gasteiger partial charge in [0.15, 0.2) is 0 Å². The summed E-state index contributed by atoms with van der Waals surface area (Å²) in [5.74, 6) is -1.83. The van der Waals surface area contributed by atoms with E-state index >= 15 is 0 Å². The third kappa shape index (κ3) is 7.56. The highest BCUT2D eigenvalue weighted by atomic mass is 16.5. The summed E-state index contributed by atoms with van der Waals surface area (Å²) < 4.78 is 5.12. The summed E-state index contributed by atoms with van der Waals surface area (Å²) in [6.07, 6.45) is 1.04. The van der Waals surface area contributed by atoms with Crippen LogP contribution in [0.4, 0.5) is 0 Å². The lowest BCUT2D eigenvalue weighted by atomic mass is 9.88. The monoisotopic (exact) mass is 460 g/mol. The second-order valence-corrected chi connectivity index (χ2v) is 11.4. The van der Waals surface area contributed by atoms with Gasteiger partial charge in [-0.1, -0.05) is 71.9 Å². The van der Waals surface area contributed by atoms with Crippen LogP contribution in [0.5, 0.6) is 0 Å². The average molecular weight is 461 g/mol. The highest BCUT2D eigenvalue weighted by Crippen LogP contribution is 2.36. The van der Waals surface area contributed by atoms with Crippen molar-refractivity contribution in [2.45, 2.75) is 85.5 Å². The zero-order chi connectivity index (χ0) is 25.0. The Morgan fingerprint density at radius 2 is 1.67 bits per heavy atom. The first-order valence-corrected chi connectivity index (χ1v) is 11.6. The van der Waals surface area contributed by atoms with Crippen molar-refractivity contribution < 1.29 is 24.2 Å². The molecule has 1 aliphatic heterocycles. The van der Waals surface area contributed by atoms with Gasteiger partial charge < -0.3 is 14.7 Å². The molecule has 0 spiro atoms. The SMILES string of the molecule is COC(=O)[C@H](Cc1ccccc1)N1C(=O)C(CC(=O)O)N(CCC(C)(C)C)C1CC(C)(C)C. The van der Waals surface area contributed by atoms with Crippen LogP contribution in [0.15, 0.2) is 30.3 Å². The summed E-state index contributed by atoms with van der Waals surface area (Å²) in [7, 11) is 1.33. The number of carbonyl (C=O) groups excluding carboxylic acids is 2. The lowest BCUT2D eigenvalue weighted by Crippen LogP contribution is -2.52. The summed E-state index contributed by atoms with van der Waals surface area (Å²) in [6, 6.07) is 7.89. The van der Waals surface area contributed by atoms with Crippen LogP contribution in [0.25, 0.3) is 0 Å². The van der Waals surface area contributed by atoms with Crippen molar-refractivity contribution in [2.75, 3.05) is 13.7 Å². The molecule has 0 aromatic heterocycles. The summed E-state index contributed by atoms with van der Waals surface area (Å²) >= 11 is 0. The van der Waals surface area contributed by atoms with Crippen molar-refractivity contribution >= 4 is 17.8 Å². The maximum atomic E-state index is 13.7. The normalized spacial score (nSPS) is 20.7. The van der Waals surface area contributed by atoms with E-state index in [-0.39, 0.29) is 23.2 Å². The molecule has 1 aliphatic rings. The molecule has 1 fully saturated rings. The number of aliphatic carboxylic acids is 1. The van der Waals surface area contributed by atoms with Crippen molar-refractivity contribution in [3.8, 4) is 0 Å². The van der Waals surface area contributed by atoms with E-state index in [4.69, 9.17) is 4.74 Å². The molecule has 1 aromatic rings. The first-order chi connectivity index (χ1) is 15.2. The number of hydrogen-bond acceptors (Lipinski definition) is 5. The van der Waals surface area contributed by atoms with Crippen LogP contribution in [0, 0.1) is 10.8 Å². The largest absolute Gasteiger partial charge is 0.481 e. The molecule has 33 heavy (non-hydrogen) atoms. The van der Waals surface area contributed by atoms with Crippen molar-refractivity contribution in [3.63, 3.8) is 0 Å². The Morgan fingerprint density at radius 1 is 1.06 bits per heavy atom. The number of carboxylic acid groups (broad SMARTS) is 1. The van der Waals surface area contributed by atoms with Gasteiger partial charge in [0.1, 0.15) is 12.1 Å². The van der Waals surface area contributed by atoms with Gasteiger partial charge in [-0.05, 0) is 29.2 Å². The van der Waals surface area contributed by atoms with Gasteiger partial charge in [0.05, 0.1) is 19.7 Å². The second-order valence-electron chi connectivity index (χ2n) is 11.4. The Morgan fingerprint density at radius 3 is 2.15 bits per heavy atom. The number of benzene rings is 1. The Labute approximate surface area is 198 Å². The van der Waals surface area contributed by atoms with E-state index in [1.165, 1.54) is 7.11 Å². The van der Waals surface area contributed by atoms with Crippen molar-refractivity contribution in [1.29, 1.82) is 0 Å². The number of carbonyl (C=O) groups is 3. The summed E-state index contributed by atoms with van der Waals surface area (Å²) in [5, 5.41) is 9.58. The fourth-order valence-corrected chi connectivity index (χ4v) is 4.36. The highest BCUT2D eigenvalue weighted by Gasteiger charge is 2.51. The molecule has 1 aromatic carbocycles. The predicted molar refractivity (Wildman–Crippen MR) is 127 cm³/mol. The number of methoxy groups -OCH3 is 1. The topological polar surface area (TPSA) is 87.1 Å². The Kier molecular flexibility index (Phi) is 8.69. The smallest absolute Gasteiger partial charge is 0.328 e. The van der Waals surface area contributed by atoms with Crippen LogP contribution in [-0.4, -0.2) is 64.7 Å². The van der Waals surface area contributed by atoms with Crippen LogP contribution >= 0.6 is 0 Å². The number of esters is 1. The average Bonchev–Trinajstić information content (AvgIpc) is 2.93. The molecule has 1 amide bonds. The third-order valence-electron chi connectivity index (χ3n) is 6.01. The molecule has 7 heteroatoms. The maximum Gasteiger partial charge on any atom is 0.328 e. The Bertz CT molecular complexity index is 825. The number of carboxylic acids is 1. The van der Waals surface area contributed by atoms with Gasteiger partial charge in [0.2, 0.25) is 5.91 Å². The number of hydrogen-bond donors (Lipinski definition) is 1. The molecule has 2 unspecified atom stereocenters. The molecule has 1 heterocycles. The van der Waals surface area contributed by atoms with Gasteiger partial charge in [-0.3, -0.25) is 14.5 Å². The fourth-order valence-electron chi connectivity index (χ4n) is 4.36. The number of rotatable bonds is 9. The van der Waals surface area contributed by atoms with E-state index in [9.17, 15) is 19.5 Å². The van der Waals surface area contributed by atoms with E-state index in [1.807, 2.05) is 35.2 Å². The minimum atomic E-state index is -1.02. The van der Waals surface area contributed by atoms with Crippen molar-refractivity contribution in [3.05, 3.63) is 35.9 Å². The molecular weight excluding hydrogens is 420 g/mol.